The summed E-state index contributed by atoms with van der Waals surface area (Å²) in [5.41, 5.74) is 0.919. The molecule has 0 saturated carbocycles. The highest BCUT2D eigenvalue weighted by Gasteiger charge is 2.18. The summed E-state index contributed by atoms with van der Waals surface area (Å²) in [6, 6.07) is 7.72. The molecule has 0 aliphatic carbocycles. The summed E-state index contributed by atoms with van der Waals surface area (Å²) in [4.78, 5) is 17.7. The number of benzene rings is 2. The largest absolute Gasteiger partial charge is 0.493 e. The van der Waals surface area contributed by atoms with Crippen LogP contribution in [0.3, 0.4) is 0 Å². The highest BCUT2D eigenvalue weighted by Crippen LogP contribution is 2.38. The molecule has 8 nitrogen and oxygen atoms in total. The van der Waals surface area contributed by atoms with Crippen molar-refractivity contribution in [2.75, 3.05) is 27.6 Å². The molecule has 1 aromatic heterocycles. The zero-order valence-electron chi connectivity index (χ0n) is 17.3. The van der Waals surface area contributed by atoms with E-state index in [2.05, 4.69) is 10.9 Å². The van der Waals surface area contributed by atoms with E-state index in [1.165, 1.54) is 50.9 Å². The second-order valence-corrected chi connectivity index (χ2v) is 9.43. The van der Waals surface area contributed by atoms with Crippen LogP contribution in [0.4, 0.5) is 0 Å². The summed E-state index contributed by atoms with van der Waals surface area (Å²) in [6.45, 7) is 0.166. The Labute approximate surface area is 183 Å². The second kappa shape index (κ2) is 8.83. The van der Waals surface area contributed by atoms with Crippen molar-refractivity contribution < 1.29 is 27.4 Å². The zero-order chi connectivity index (χ0) is 22.8. The van der Waals surface area contributed by atoms with Crippen LogP contribution in [0.2, 0.25) is 0 Å². The van der Waals surface area contributed by atoms with Crippen LogP contribution in [0.25, 0.3) is 10.2 Å². The van der Waals surface area contributed by atoms with Crippen molar-refractivity contribution in [3.63, 3.8) is 0 Å². The summed E-state index contributed by atoms with van der Waals surface area (Å²) in [5, 5.41) is 0. The lowest BCUT2D eigenvalue weighted by molar-refractivity contribution is 0.0997. The topological polar surface area (TPSA) is 96.2 Å². The predicted molar refractivity (Wildman–Crippen MR) is 118 cm³/mol. The van der Waals surface area contributed by atoms with Crippen molar-refractivity contribution in [3.05, 3.63) is 40.7 Å². The monoisotopic (exact) mass is 460 g/mol. The van der Waals surface area contributed by atoms with Gasteiger partial charge in [-0.05, 0) is 30.3 Å². The van der Waals surface area contributed by atoms with Gasteiger partial charge in [-0.25, -0.2) is 8.42 Å². The van der Waals surface area contributed by atoms with Gasteiger partial charge in [0.2, 0.25) is 5.75 Å². The van der Waals surface area contributed by atoms with Gasteiger partial charge in [-0.1, -0.05) is 17.3 Å². The number of carbonyl (C=O) groups excluding carboxylic acids is 1. The van der Waals surface area contributed by atoms with Crippen LogP contribution in [0.15, 0.2) is 40.2 Å². The average molecular weight is 461 g/mol. The minimum atomic E-state index is -3.38. The number of fused-ring (bicyclic) bond motifs is 1. The molecule has 0 unspecified atom stereocenters. The van der Waals surface area contributed by atoms with Crippen LogP contribution >= 0.6 is 11.3 Å². The molecule has 0 aliphatic rings. The van der Waals surface area contributed by atoms with Gasteiger partial charge in [0, 0.05) is 11.8 Å². The Bertz CT molecular complexity index is 1350. The molecular weight excluding hydrogens is 440 g/mol. The fourth-order valence-electron chi connectivity index (χ4n) is 2.97. The van der Waals surface area contributed by atoms with Crippen LogP contribution in [0, 0.1) is 12.3 Å². The van der Waals surface area contributed by atoms with Gasteiger partial charge < -0.3 is 18.8 Å². The Morgan fingerprint density at radius 1 is 1.13 bits per heavy atom. The quantitative estimate of drug-likeness (QED) is 0.525. The number of amides is 1. The van der Waals surface area contributed by atoms with E-state index in [9.17, 15) is 13.2 Å². The Hall–Kier alpha value is -3.29. The number of hydrogen-bond donors (Lipinski definition) is 0. The van der Waals surface area contributed by atoms with Crippen molar-refractivity contribution in [2.24, 2.45) is 4.99 Å². The van der Waals surface area contributed by atoms with E-state index in [0.717, 1.165) is 6.26 Å². The van der Waals surface area contributed by atoms with Crippen molar-refractivity contribution in [3.8, 4) is 29.6 Å². The molecular formula is C21H20N2O6S2. The van der Waals surface area contributed by atoms with Gasteiger partial charge >= 0.3 is 0 Å². The highest BCUT2D eigenvalue weighted by atomic mass is 32.2. The number of sulfone groups is 1. The summed E-state index contributed by atoms with van der Waals surface area (Å²) < 4.78 is 42.0. The van der Waals surface area contributed by atoms with Gasteiger partial charge in [0.15, 0.2) is 26.1 Å². The fraction of sp³-hybridized carbons (Fsp3) is 0.238. The first-order chi connectivity index (χ1) is 14.7. The molecule has 10 heteroatoms. The molecule has 0 aliphatic heterocycles. The Morgan fingerprint density at radius 3 is 2.29 bits per heavy atom. The Kier molecular flexibility index (Phi) is 6.38. The minimum Gasteiger partial charge on any atom is -0.493 e. The smallest absolute Gasteiger partial charge is 0.279 e. The number of terminal acetylenes is 1. The number of hydrogen-bond acceptors (Lipinski definition) is 7. The number of methoxy groups -OCH3 is 3. The molecule has 0 saturated heterocycles. The van der Waals surface area contributed by atoms with Crippen molar-refractivity contribution in [1.29, 1.82) is 0 Å². The number of rotatable bonds is 6. The van der Waals surface area contributed by atoms with Gasteiger partial charge in [-0.3, -0.25) is 4.79 Å². The highest BCUT2D eigenvalue weighted by molar-refractivity contribution is 7.90. The second-order valence-electron chi connectivity index (χ2n) is 6.41. The Morgan fingerprint density at radius 2 is 1.77 bits per heavy atom. The van der Waals surface area contributed by atoms with E-state index < -0.39 is 15.7 Å². The fourth-order valence-corrected chi connectivity index (χ4v) is 4.76. The molecule has 2 aromatic carbocycles. The lowest BCUT2D eigenvalue weighted by Gasteiger charge is -2.12. The first kappa shape index (κ1) is 22.4. The molecule has 0 atom stereocenters. The van der Waals surface area contributed by atoms with Crippen LogP contribution in [0.1, 0.15) is 10.4 Å². The molecule has 0 spiro atoms. The van der Waals surface area contributed by atoms with Crippen LogP contribution in [-0.2, 0) is 16.4 Å². The van der Waals surface area contributed by atoms with E-state index in [1.807, 2.05) is 0 Å². The summed E-state index contributed by atoms with van der Waals surface area (Å²) in [7, 11) is 0.997. The number of aromatic nitrogens is 1. The van der Waals surface area contributed by atoms with E-state index >= 15 is 0 Å². The lowest BCUT2D eigenvalue weighted by atomic mass is 10.1. The van der Waals surface area contributed by atoms with Gasteiger partial charge in [0.1, 0.15) is 0 Å². The molecule has 1 heterocycles. The molecule has 162 valence electrons. The number of thiazole rings is 1. The molecule has 1 amide bonds. The molecule has 0 bridgehead atoms. The molecule has 0 fully saturated rings. The predicted octanol–water partition coefficient (Wildman–Crippen LogP) is 2.51. The minimum absolute atomic E-state index is 0.166. The number of ether oxygens (including phenoxy) is 3. The lowest BCUT2D eigenvalue weighted by Crippen LogP contribution is -2.16. The van der Waals surface area contributed by atoms with Gasteiger partial charge in [0.25, 0.3) is 5.91 Å². The third kappa shape index (κ3) is 4.42. The van der Waals surface area contributed by atoms with Gasteiger partial charge in [-0.15, -0.1) is 6.42 Å². The van der Waals surface area contributed by atoms with E-state index in [-0.39, 0.29) is 17.0 Å². The van der Waals surface area contributed by atoms with E-state index in [0.29, 0.717) is 32.3 Å². The maximum Gasteiger partial charge on any atom is 0.279 e. The summed E-state index contributed by atoms with van der Waals surface area (Å²) in [6.07, 6.45) is 6.63. The van der Waals surface area contributed by atoms with Crippen LogP contribution < -0.4 is 19.0 Å². The molecule has 0 N–H and O–H groups in total. The average Bonchev–Trinajstić information content (AvgIpc) is 3.08. The SMILES string of the molecule is C#CCn1c(=NC(=O)c2cc(OC)c(OC)c(OC)c2)sc2cc(S(C)(=O)=O)ccc21. The summed E-state index contributed by atoms with van der Waals surface area (Å²) >= 11 is 1.17. The first-order valence-corrected chi connectivity index (χ1v) is 11.6. The van der Waals surface area contributed by atoms with Crippen molar-refractivity contribution in [1.82, 2.24) is 4.57 Å². The zero-order valence-corrected chi connectivity index (χ0v) is 19.0. The van der Waals surface area contributed by atoms with E-state index in [4.69, 9.17) is 20.6 Å². The maximum atomic E-state index is 12.9. The van der Waals surface area contributed by atoms with Gasteiger partial charge in [0.05, 0.1) is 43.0 Å². The molecule has 3 aromatic rings. The molecule has 0 radical (unpaired) electrons. The molecule has 31 heavy (non-hydrogen) atoms. The van der Waals surface area contributed by atoms with E-state index in [1.54, 1.807) is 16.7 Å². The van der Waals surface area contributed by atoms with Crippen LogP contribution in [0.5, 0.6) is 17.2 Å². The number of nitrogens with zero attached hydrogens (tertiary/aromatic N) is 2. The van der Waals surface area contributed by atoms with Gasteiger partial charge in [-0.2, -0.15) is 4.99 Å². The third-order valence-corrected chi connectivity index (χ3v) is 6.59. The number of carbonyl (C=O) groups is 1. The van der Waals surface area contributed by atoms with Crippen molar-refractivity contribution >= 4 is 37.3 Å². The normalized spacial score (nSPS) is 11.9. The summed E-state index contributed by atoms with van der Waals surface area (Å²) in [5.74, 6) is 3.00. The molecule has 3 rings (SSSR count). The van der Waals surface area contributed by atoms with Crippen LogP contribution in [-0.4, -0.2) is 46.5 Å². The van der Waals surface area contributed by atoms with Crippen molar-refractivity contribution in [2.45, 2.75) is 11.4 Å². The third-order valence-electron chi connectivity index (χ3n) is 4.44. The Balaban J connectivity index is 2.19. The standard InChI is InChI=1S/C21H20N2O6S2/c1-6-9-23-15-8-7-14(31(5,25)26)12-18(15)30-21(23)22-20(24)13-10-16(27-2)19(29-4)17(11-13)28-3/h1,7-8,10-12H,9H2,2-5H3. The first-order valence-electron chi connectivity index (χ1n) is 8.89. The maximum absolute atomic E-state index is 12.9.